The SMILES string of the molecule is Cc1ccc(NC(=S)NCc2ccc(N3CCCC3)cc2)cc1C. The molecule has 1 aliphatic rings. The first-order chi connectivity index (χ1) is 11.6. The molecule has 2 aromatic rings. The largest absolute Gasteiger partial charge is 0.372 e. The van der Waals surface area contributed by atoms with Gasteiger partial charge in [-0.05, 0) is 79.9 Å². The fraction of sp³-hybridized carbons (Fsp3) is 0.350. The lowest BCUT2D eigenvalue weighted by Crippen LogP contribution is -2.28. The Morgan fingerprint density at radius 2 is 1.71 bits per heavy atom. The molecule has 1 saturated heterocycles. The van der Waals surface area contributed by atoms with Gasteiger partial charge in [-0.1, -0.05) is 18.2 Å². The molecule has 126 valence electrons. The van der Waals surface area contributed by atoms with Crippen LogP contribution in [0.5, 0.6) is 0 Å². The molecule has 0 spiro atoms. The minimum atomic E-state index is 0.655. The van der Waals surface area contributed by atoms with E-state index in [0.717, 1.165) is 12.2 Å². The van der Waals surface area contributed by atoms with Crippen LogP contribution >= 0.6 is 12.2 Å². The smallest absolute Gasteiger partial charge is 0.171 e. The summed E-state index contributed by atoms with van der Waals surface area (Å²) in [5.41, 5.74) is 6.15. The first-order valence-corrected chi connectivity index (χ1v) is 8.98. The number of rotatable bonds is 4. The van der Waals surface area contributed by atoms with E-state index in [9.17, 15) is 0 Å². The van der Waals surface area contributed by atoms with Crippen molar-refractivity contribution in [3.05, 3.63) is 59.2 Å². The highest BCUT2D eigenvalue weighted by Crippen LogP contribution is 2.20. The van der Waals surface area contributed by atoms with E-state index in [0.29, 0.717) is 5.11 Å². The van der Waals surface area contributed by atoms with Gasteiger partial charge in [0.05, 0.1) is 0 Å². The fourth-order valence-corrected chi connectivity index (χ4v) is 3.17. The van der Waals surface area contributed by atoms with Crippen LogP contribution in [0.4, 0.5) is 11.4 Å². The second kappa shape index (κ2) is 7.67. The van der Waals surface area contributed by atoms with Crippen LogP contribution < -0.4 is 15.5 Å². The maximum atomic E-state index is 5.39. The number of hydrogen-bond donors (Lipinski definition) is 2. The number of nitrogens with zero attached hydrogens (tertiary/aromatic N) is 1. The molecule has 0 bridgehead atoms. The number of aryl methyl sites for hydroxylation is 2. The molecule has 0 radical (unpaired) electrons. The summed E-state index contributed by atoms with van der Waals surface area (Å²) >= 11 is 5.39. The minimum absolute atomic E-state index is 0.655. The van der Waals surface area contributed by atoms with Gasteiger partial charge in [-0.15, -0.1) is 0 Å². The number of anilines is 2. The molecule has 0 amide bonds. The number of benzene rings is 2. The Bertz CT molecular complexity index is 703. The number of nitrogens with one attached hydrogen (secondary N) is 2. The zero-order valence-electron chi connectivity index (χ0n) is 14.4. The maximum absolute atomic E-state index is 5.39. The molecule has 3 nitrogen and oxygen atoms in total. The molecule has 0 saturated carbocycles. The van der Waals surface area contributed by atoms with Crippen molar-refractivity contribution in [3.8, 4) is 0 Å². The van der Waals surface area contributed by atoms with Gasteiger partial charge in [-0.25, -0.2) is 0 Å². The molecule has 2 aromatic carbocycles. The quantitative estimate of drug-likeness (QED) is 0.808. The Morgan fingerprint density at radius 3 is 2.38 bits per heavy atom. The van der Waals surface area contributed by atoms with Crippen LogP contribution in [-0.4, -0.2) is 18.2 Å². The van der Waals surface area contributed by atoms with Crippen LogP contribution in [0.2, 0.25) is 0 Å². The van der Waals surface area contributed by atoms with Crippen LogP contribution in [0.3, 0.4) is 0 Å². The first kappa shape index (κ1) is 16.8. The van der Waals surface area contributed by atoms with E-state index >= 15 is 0 Å². The molecule has 0 aromatic heterocycles. The topological polar surface area (TPSA) is 27.3 Å². The molecule has 3 rings (SSSR count). The third-order valence-corrected chi connectivity index (χ3v) is 4.87. The zero-order valence-corrected chi connectivity index (χ0v) is 15.2. The highest BCUT2D eigenvalue weighted by Gasteiger charge is 2.11. The number of hydrogen-bond acceptors (Lipinski definition) is 2. The lowest BCUT2D eigenvalue weighted by molar-refractivity contribution is 0.921. The summed E-state index contributed by atoms with van der Waals surface area (Å²) in [5.74, 6) is 0. The predicted molar refractivity (Wildman–Crippen MR) is 107 cm³/mol. The van der Waals surface area contributed by atoms with E-state index in [2.05, 4.69) is 71.8 Å². The van der Waals surface area contributed by atoms with E-state index < -0.39 is 0 Å². The van der Waals surface area contributed by atoms with Crippen LogP contribution in [0.25, 0.3) is 0 Å². The highest BCUT2D eigenvalue weighted by molar-refractivity contribution is 7.80. The Morgan fingerprint density at radius 1 is 1.00 bits per heavy atom. The van der Waals surface area contributed by atoms with E-state index in [-0.39, 0.29) is 0 Å². The van der Waals surface area contributed by atoms with Gasteiger partial charge in [0.25, 0.3) is 0 Å². The van der Waals surface area contributed by atoms with Crippen LogP contribution in [-0.2, 0) is 6.54 Å². The Balaban J connectivity index is 1.51. The van der Waals surface area contributed by atoms with Gasteiger partial charge in [0.15, 0.2) is 5.11 Å². The van der Waals surface area contributed by atoms with Crippen molar-refractivity contribution in [1.29, 1.82) is 0 Å². The molecule has 4 heteroatoms. The Labute approximate surface area is 150 Å². The van der Waals surface area contributed by atoms with Crippen molar-refractivity contribution in [1.82, 2.24) is 5.32 Å². The van der Waals surface area contributed by atoms with Gasteiger partial charge in [0, 0.05) is 31.0 Å². The molecular formula is C20H25N3S. The normalized spacial score (nSPS) is 13.8. The van der Waals surface area contributed by atoms with Crippen molar-refractivity contribution in [2.45, 2.75) is 33.2 Å². The van der Waals surface area contributed by atoms with Crippen molar-refractivity contribution in [2.24, 2.45) is 0 Å². The summed E-state index contributed by atoms with van der Waals surface area (Å²) in [6.45, 7) is 7.32. The molecule has 0 aliphatic carbocycles. The molecule has 1 heterocycles. The maximum Gasteiger partial charge on any atom is 0.171 e. The Hall–Kier alpha value is -2.07. The van der Waals surface area contributed by atoms with Crippen molar-refractivity contribution >= 4 is 28.7 Å². The van der Waals surface area contributed by atoms with Crippen LogP contribution in [0.1, 0.15) is 29.5 Å². The van der Waals surface area contributed by atoms with Gasteiger partial charge in [-0.3, -0.25) is 0 Å². The van der Waals surface area contributed by atoms with Gasteiger partial charge >= 0.3 is 0 Å². The summed E-state index contributed by atoms with van der Waals surface area (Å²) in [4.78, 5) is 2.45. The van der Waals surface area contributed by atoms with Crippen molar-refractivity contribution < 1.29 is 0 Å². The average Bonchev–Trinajstić information content (AvgIpc) is 3.11. The summed E-state index contributed by atoms with van der Waals surface area (Å²) < 4.78 is 0. The monoisotopic (exact) mass is 339 g/mol. The molecule has 1 fully saturated rings. The molecule has 0 atom stereocenters. The van der Waals surface area contributed by atoms with Crippen molar-refractivity contribution in [3.63, 3.8) is 0 Å². The van der Waals surface area contributed by atoms with Crippen LogP contribution in [0.15, 0.2) is 42.5 Å². The molecule has 0 unspecified atom stereocenters. The lowest BCUT2D eigenvalue weighted by Gasteiger charge is -2.18. The van der Waals surface area contributed by atoms with Crippen molar-refractivity contribution in [2.75, 3.05) is 23.3 Å². The summed E-state index contributed by atoms with van der Waals surface area (Å²) in [5, 5.41) is 7.18. The van der Waals surface area contributed by atoms with E-state index in [1.54, 1.807) is 0 Å². The zero-order chi connectivity index (χ0) is 16.9. The van der Waals surface area contributed by atoms with Gasteiger partial charge in [0.1, 0.15) is 0 Å². The third-order valence-electron chi connectivity index (χ3n) is 4.63. The van der Waals surface area contributed by atoms with Gasteiger partial charge < -0.3 is 15.5 Å². The van der Waals surface area contributed by atoms with E-state index in [1.807, 2.05) is 0 Å². The van der Waals surface area contributed by atoms with E-state index in [1.165, 1.54) is 48.3 Å². The van der Waals surface area contributed by atoms with Crippen LogP contribution in [0, 0.1) is 13.8 Å². The summed E-state index contributed by atoms with van der Waals surface area (Å²) in [6, 6.07) is 15.1. The Kier molecular flexibility index (Phi) is 5.36. The third kappa shape index (κ3) is 4.26. The highest BCUT2D eigenvalue weighted by atomic mass is 32.1. The predicted octanol–water partition coefficient (Wildman–Crippen LogP) is 4.39. The second-order valence-electron chi connectivity index (χ2n) is 6.47. The second-order valence-corrected chi connectivity index (χ2v) is 6.88. The molecule has 2 N–H and O–H groups in total. The summed E-state index contributed by atoms with van der Waals surface area (Å²) in [6.07, 6.45) is 2.61. The molecule has 24 heavy (non-hydrogen) atoms. The molecular weight excluding hydrogens is 314 g/mol. The average molecular weight is 340 g/mol. The standard InChI is InChI=1S/C20H25N3S/c1-15-5-8-18(13-16(15)2)22-20(24)21-14-17-6-9-19(10-7-17)23-11-3-4-12-23/h5-10,13H,3-4,11-12,14H2,1-2H3,(H2,21,22,24). The fourth-order valence-electron chi connectivity index (χ4n) is 2.98. The van der Waals surface area contributed by atoms with Gasteiger partial charge in [0.2, 0.25) is 0 Å². The lowest BCUT2D eigenvalue weighted by atomic mass is 10.1. The number of thiocarbonyl (C=S) groups is 1. The first-order valence-electron chi connectivity index (χ1n) is 8.58. The van der Waals surface area contributed by atoms with Gasteiger partial charge in [-0.2, -0.15) is 0 Å². The summed E-state index contributed by atoms with van der Waals surface area (Å²) in [7, 11) is 0. The van der Waals surface area contributed by atoms with E-state index in [4.69, 9.17) is 12.2 Å². The minimum Gasteiger partial charge on any atom is -0.372 e. The molecule has 1 aliphatic heterocycles.